The average molecular weight is 341 g/mol. The van der Waals surface area contributed by atoms with Crippen molar-refractivity contribution in [2.24, 2.45) is 0 Å². The molecule has 1 aromatic rings. The molecular formula is C13H16ClF3N2O3. The van der Waals surface area contributed by atoms with Crippen molar-refractivity contribution in [3.63, 3.8) is 0 Å². The minimum atomic E-state index is -4.76. The number of halogens is 4. The molecule has 1 heterocycles. The molecule has 0 bridgehead atoms. The van der Waals surface area contributed by atoms with Crippen LogP contribution in [-0.2, 0) is 9.53 Å². The Kier molecular flexibility index (Phi) is 6.92. The quantitative estimate of drug-likeness (QED) is 0.883. The van der Waals surface area contributed by atoms with Crippen LogP contribution in [0.4, 0.5) is 18.9 Å². The number of nitrogens with one attached hydrogen (secondary N) is 2. The number of carbonyl (C=O) groups excluding carboxylic acids is 1. The maximum absolute atomic E-state index is 12.1. The lowest BCUT2D eigenvalue weighted by molar-refractivity contribution is -0.274. The molecule has 1 fully saturated rings. The van der Waals surface area contributed by atoms with E-state index in [0.29, 0.717) is 13.2 Å². The molecule has 22 heavy (non-hydrogen) atoms. The summed E-state index contributed by atoms with van der Waals surface area (Å²) >= 11 is 0. The fourth-order valence-electron chi connectivity index (χ4n) is 1.94. The van der Waals surface area contributed by atoms with Crippen LogP contribution >= 0.6 is 12.4 Å². The van der Waals surface area contributed by atoms with Gasteiger partial charge in [-0.15, -0.1) is 25.6 Å². The molecule has 2 rings (SSSR count). The molecule has 0 aromatic heterocycles. The van der Waals surface area contributed by atoms with Gasteiger partial charge in [0.2, 0.25) is 5.91 Å². The number of rotatable bonds is 4. The largest absolute Gasteiger partial charge is 0.573 e. The number of ether oxygens (including phenoxy) is 2. The van der Waals surface area contributed by atoms with Gasteiger partial charge in [0.05, 0.1) is 19.1 Å². The first-order valence-electron chi connectivity index (χ1n) is 6.40. The zero-order chi connectivity index (χ0) is 15.3. The molecule has 5 nitrogen and oxygen atoms in total. The van der Waals surface area contributed by atoms with Gasteiger partial charge in [-0.1, -0.05) is 6.07 Å². The van der Waals surface area contributed by atoms with E-state index in [4.69, 9.17) is 4.74 Å². The Morgan fingerprint density at radius 2 is 2.23 bits per heavy atom. The standard InChI is InChI=1S/C13H15F3N2O3.ClH/c14-13(15,16)21-10-3-1-2-9(6-10)18-12(19)7-11-8-17-4-5-20-11;/h1-3,6,11,17H,4-5,7-8H2,(H,18,19);1H. The van der Waals surface area contributed by atoms with Crippen molar-refractivity contribution in [1.82, 2.24) is 5.32 Å². The van der Waals surface area contributed by atoms with E-state index in [-0.39, 0.29) is 42.3 Å². The summed E-state index contributed by atoms with van der Waals surface area (Å²) in [4.78, 5) is 11.8. The molecule has 1 aliphatic heterocycles. The first-order valence-corrected chi connectivity index (χ1v) is 6.40. The molecule has 1 amide bonds. The van der Waals surface area contributed by atoms with E-state index in [2.05, 4.69) is 15.4 Å². The summed E-state index contributed by atoms with van der Waals surface area (Å²) in [5, 5.41) is 5.61. The smallest absolute Gasteiger partial charge is 0.406 e. The lowest BCUT2D eigenvalue weighted by atomic mass is 10.2. The van der Waals surface area contributed by atoms with E-state index >= 15 is 0 Å². The first-order chi connectivity index (χ1) is 9.92. The summed E-state index contributed by atoms with van der Waals surface area (Å²) in [6.07, 6.45) is -4.85. The van der Waals surface area contributed by atoms with Crippen LogP contribution in [0.5, 0.6) is 5.75 Å². The summed E-state index contributed by atoms with van der Waals surface area (Å²) in [5.74, 6) is -0.705. The molecule has 1 aliphatic rings. The lowest BCUT2D eigenvalue weighted by Crippen LogP contribution is -2.40. The molecule has 0 spiro atoms. The van der Waals surface area contributed by atoms with Gasteiger partial charge in [0, 0.05) is 24.8 Å². The second-order valence-corrected chi connectivity index (χ2v) is 4.52. The van der Waals surface area contributed by atoms with Crippen LogP contribution in [0.25, 0.3) is 0 Å². The van der Waals surface area contributed by atoms with Crippen molar-refractivity contribution in [3.8, 4) is 5.75 Å². The van der Waals surface area contributed by atoms with Crippen LogP contribution in [0, 0.1) is 0 Å². The Hall–Kier alpha value is -1.51. The summed E-state index contributed by atoms with van der Waals surface area (Å²) in [7, 11) is 0. The summed E-state index contributed by atoms with van der Waals surface area (Å²) in [6.45, 7) is 1.85. The molecule has 2 N–H and O–H groups in total. The minimum absolute atomic E-state index is 0. The molecule has 1 aromatic carbocycles. The lowest BCUT2D eigenvalue weighted by Gasteiger charge is -2.23. The molecule has 124 valence electrons. The molecule has 1 atom stereocenters. The van der Waals surface area contributed by atoms with Crippen molar-refractivity contribution in [2.45, 2.75) is 18.9 Å². The average Bonchev–Trinajstić information content (AvgIpc) is 2.38. The third-order valence-electron chi connectivity index (χ3n) is 2.77. The normalized spacial score (nSPS) is 18.2. The Morgan fingerprint density at radius 3 is 2.86 bits per heavy atom. The molecule has 0 radical (unpaired) electrons. The predicted octanol–water partition coefficient (Wildman–Crippen LogP) is 2.32. The molecule has 0 aliphatic carbocycles. The monoisotopic (exact) mass is 340 g/mol. The number of hydrogen-bond donors (Lipinski definition) is 2. The maximum Gasteiger partial charge on any atom is 0.573 e. The van der Waals surface area contributed by atoms with Crippen molar-refractivity contribution < 1.29 is 27.4 Å². The number of amides is 1. The Bertz CT molecular complexity index is 494. The maximum atomic E-state index is 12.1. The van der Waals surface area contributed by atoms with E-state index in [0.717, 1.165) is 18.7 Å². The number of benzene rings is 1. The number of anilines is 1. The van der Waals surface area contributed by atoms with Crippen molar-refractivity contribution in [2.75, 3.05) is 25.0 Å². The second kappa shape index (κ2) is 8.21. The van der Waals surface area contributed by atoms with Gasteiger partial charge in [-0.3, -0.25) is 4.79 Å². The van der Waals surface area contributed by atoms with Gasteiger partial charge in [-0.2, -0.15) is 0 Å². The topological polar surface area (TPSA) is 59.6 Å². The highest BCUT2D eigenvalue weighted by Crippen LogP contribution is 2.25. The van der Waals surface area contributed by atoms with Gasteiger partial charge in [0.15, 0.2) is 0 Å². The minimum Gasteiger partial charge on any atom is -0.406 e. The Labute approximate surface area is 131 Å². The number of alkyl halides is 3. The highest BCUT2D eigenvalue weighted by atomic mass is 35.5. The predicted molar refractivity (Wildman–Crippen MR) is 76.2 cm³/mol. The van der Waals surface area contributed by atoms with Gasteiger partial charge in [0.1, 0.15) is 5.75 Å². The van der Waals surface area contributed by atoms with Crippen LogP contribution in [0.3, 0.4) is 0 Å². The first kappa shape index (κ1) is 18.5. The summed E-state index contributed by atoms with van der Waals surface area (Å²) in [5.41, 5.74) is 0.241. The fourth-order valence-corrected chi connectivity index (χ4v) is 1.94. The van der Waals surface area contributed by atoms with E-state index in [1.54, 1.807) is 0 Å². The van der Waals surface area contributed by atoms with Gasteiger partial charge >= 0.3 is 6.36 Å². The van der Waals surface area contributed by atoms with Crippen molar-refractivity contribution in [1.29, 1.82) is 0 Å². The van der Waals surface area contributed by atoms with Crippen LogP contribution in [0.15, 0.2) is 24.3 Å². The van der Waals surface area contributed by atoms with Crippen LogP contribution in [0.1, 0.15) is 6.42 Å². The summed E-state index contributed by atoms with van der Waals surface area (Å²) in [6, 6.07) is 5.14. The van der Waals surface area contributed by atoms with Crippen molar-refractivity contribution in [3.05, 3.63) is 24.3 Å². The van der Waals surface area contributed by atoms with Crippen molar-refractivity contribution >= 4 is 24.0 Å². The van der Waals surface area contributed by atoms with Crippen LogP contribution in [0.2, 0.25) is 0 Å². The van der Waals surface area contributed by atoms with Crippen LogP contribution in [-0.4, -0.2) is 38.1 Å². The molecular weight excluding hydrogens is 325 g/mol. The zero-order valence-electron chi connectivity index (χ0n) is 11.5. The fraction of sp³-hybridized carbons (Fsp3) is 0.462. The Balaban J connectivity index is 0.00000242. The van der Waals surface area contributed by atoms with Gasteiger partial charge < -0.3 is 20.1 Å². The number of morpholine rings is 1. The van der Waals surface area contributed by atoms with Gasteiger partial charge in [-0.25, -0.2) is 0 Å². The van der Waals surface area contributed by atoms with E-state index in [1.807, 2.05) is 0 Å². The second-order valence-electron chi connectivity index (χ2n) is 4.52. The van der Waals surface area contributed by atoms with Gasteiger partial charge in [0.25, 0.3) is 0 Å². The number of hydrogen-bond acceptors (Lipinski definition) is 4. The van der Waals surface area contributed by atoms with E-state index in [1.165, 1.54) is 12.1 Å². The Morgan fingerprint density at radius 1 is 1.45 bits per heavy atom. The number of carbonyl (C=O) groups is 1. The third kappa shape index (κ3) is 6.50. The van der Waals surface area contributed by atoms with E-state index < -0.39 is 6.36 Å². The van der Waals surface area contributed by atoms with E-state index in [9.17, 15) is 18.0 Å². The molecule has 9 heteroatoms. The highest BCUT2D eigenvalue weighted by molar-refractivity contribution is 5.91. The van der Waals surface area contributed by atoms with Gasteiger partial charge in [-0.05, 0) is 12.1 Å². The molecule has 1 saturated heterocycles. The molecule has 1 unspecified atom stereocenters. The third-order valence-corrected chi connectivity index (χ3v) is 2.77. The SMILES string of the molecule is Cl.O=C(CC1CNCCO1)Nc1cccc(OC(F)(F)F)c1. The summed E-state index contributed by atoms with van der Waals surface area (Å²) < 4.78 is 45.5. The zero-order valence-corrected chi connectivity index (χ0v) is 12.3. The highest BCUT2D eigenvalue weighted by Gasteiger charge is 2.31. The van der Waals surface area contributed by atoms with Crippen LogP contribution < -0.4 is 15.4 Å². The molecule has 0 saturated carbocycles.